The molecule has 3 rings (SSSR count). The minimum absolute atomic E-state index is 0.191. The maximum Gasteiger partial charge on any atom is 0.341 e. The van der Waals surface area contributed by atoms with Crippen LogP contribution in [0.4, 0.5) is 9.80 Å². The third-order valence-corrected chi connectivity index (χ3v) is 6.17. The highest BCUT2D eigenvalue weighted by molar-refractivity contribution is 7.98. The summed E-state index contributed by atoms with van der Waals surface area (Å²) in [6, 6.07) is 8.09. The number of carbonyl (C=O) groups is 4. The van der Waals surface area contributed by atoms with Gasteiger partial charge in [0.25, 0.3) is 5.91 Å². The lowest BCUT2D eigenvalue weighted by molar-refractivity contribution is -0.130. The highest BCUT2D eigenvalue weighted by Gasteiger charge is 2.38. The van der Waals surface area contributed by atoms with E-state index in [0.29, 0.717) is 17.0 Å². The fourth-order valence-corrected chi connectivity index (χ4v) is 4.60. The van der Waals surface area contributed by atoms with Crippen molar-refractivity contribution in [1.82, 2.24) is 10.2 Å². The quantitative estimate of drug-likeness (QED) is 0.439. The molecular weight excluding hydrogens is 438 g/mol. The van der Waals surface area contributed by atoms with Gasteiger partial charge in [-0.25, -0.2) is 9.59 Å². The number of hydrogen-bond donors (Lipinski definition) is 2. The van der Waals surface area contributed by atoms with Crippen LogP contribution in [0.2, 0.25) is 0 Å². The van der Waals surface area contributed by atoms with Gasteiger partial charge in [0, 0.05) is 10.9 Å². The Morgan fingerprint density at radius 1 is 1.26 bits per heavy atom. The second kappa shape index (κ2) is 10.5. The Labute approximate surface area is 188 Å². The van der Waals surface area contributed by atoms with Gasteiger partial charge in [-0.1, -0.05) is 30.3 Å². The predicted molar refractivity (Wildman–Crippen MR) is 121 cm³/mol. The van der Waals surface area contributed by atoms with Crippen molar-refractivity contribution in [3.63, 3.8) is 0 Å². The van der Waals surface area contributed by atoms with E-state index < -0.39 is 36.4 Å². The van der Waals surface area contributed by atoms with Crippen molar-refractivity contribution >= 4 is 51.9 Å². The maximum atomic E-state index is 12.6. The summed E-state index contributed by atoms with van der Waals surface area (Å²) in [5.74, 6) is -0.820. The molecule has 0 saturated carbocycles. The lowest BCUT2D eigenvalue weighted by Crippen LogP contribution is -2.38. The first-order valence-corrected chi connectivity index (χ1v) is 12.0. The van der Waals surface area contributed by atoms with Crippen molar-refractivity contribution in [3.8, 4) is 11.1 Å². The van der Waals surface area contributed by atoms with Crippen LogP contribution in [0.1, 0.15) is 23.7 Å². The van der Waals surface area contributed by atoms with E-state index in [-0.39, 0.29) is 12.2 Å². The van der Waals surface area contributed by atoms with E-state index in [4.69, 9.17) is 4.74 Å². The molecule has 1 aliphatic heterocycles. The second-order valence-electron chi connectivity index (χ2n) is 6.70. The molecule has 1 atom stereocenters. The Morgan fingerprint density at radius 2 is 2.00 bits per heavy atom. The molecule has 2 heterocycles. The fourth-order valence-electron chi connectivity index (χ4n) is 3.15. The van der Waals surface area contributed by atoms with E-state index in [1.54, 1.807) is 24.1 Å². The van der Waals surface area contributed by atoms with Crippen molar-refractivity contribution < 1.29 is 23.9 Å². The van der Waals surface area contributed by atoms with Crippen LogP contribution in [0.3, 0.4) is 0 Å². The summed E-state index contributed by atoms with van der Waals surface area (Å²) in [5, 5.41) is 7.35. The first-order valence-electron chi connectivity index (χ1n) is 9.71. The van der Waals surface area contributed by atoms with Crippen molar-refractivity contribution in [2.75, 3.05) is 30.5 Å². The highest BCUT2D eigenvalue weighted by atomic mass is 32.2. The van der Waals surface area contributed by atoms with Crippen molar-refractivity contribution in [3.05, 3.63) is 41.3 Å². The number of anilines is 1. The molecule has 1 aliphatic rings. The molecule has 1 aromatic carbocycles. The van der Waals surface area contributed by atoms with Crippen LogP contribution in [0.25, 0.3) is 11.1 Å². The topological polar surface area (TPSA) is 105 Å². The number of hydrogen-bond acceptors (Lipinski definition) is 7. The van der Waals surface area contributed by atoms with Crippen LogP contribution < -0.4 is 10.6 Å². The van der Waals surface area contributed by atoms with Crippen LogP contribution in [0.15, 0.2) is 35.7 Å². The molecular formula is C21H23N3O5S2. The molecule has 164 valence electrons. The number of thiophene rings is 1. The van der Waals surface area contributed by atoms with Crippen molar-refractivity contribution in [2.24, 2.45) is 0 Å². The first kappa shape index (κ1) is 22.8. The minimum atomic E-state index is -0.616. The largest absolute Gasteiger partial charge is 0.462 e. The maximum absolute atomic E-state index is 12.6. The summed E-state index contributed by atoms with van der Waals surface area (Å²) < 4.78 is 5.18. The highest BCUT2D eigenvalue weighted by Crippen LogP contribution is 2.36. The Kier molecular flexibility index (Phi) is 7.69. The van der Waals surface area contributed by atoms with Crippen molar-refractivity contribution in [1.29, 1.82) is 0 Å². The van der Waals surface area contributed by atoms with Gasteiger partial charge in [-0.15, -0.1) is 11.3 Å². The van der Waals surface area contributed by atoms with Gasteiger partial charge in [0.05, 0.1) is 6.61 Å². The van der Waals surface area contributed by atoms with Gasteiger partial charge in [-0.3, -0.25) is 14.5 Å². The summed E-state index contributed by atoms with van der Waals surface area (Å²) >= 11 is 2.76. The number of esters is 1. The van der Waals surface area contributed by atoms with E-state index in [9.17, 15) is 19.2 Å². The lowest BCUT2D eigenvalue weighted by Gasteiger charge is -2.13. The second-order valence-corrected chi connectivity index (χ2v) is 8.56. The Morgan fingerprint density at radius 3 is 2.68 bits per heavy atom. The number of rotatable bonds is 9. The molecule has 1 unspecified atom stereocenters. The van der Waals surface area contributed by atoms with Crippen LogP contribution in [0, 0.1) is 0 Å². The molecule has 1 aromatic heterocycles. The number of imide groups is 1. The number of amides is 4. The lowest BCUT2D eigenvalue weighted by atomic mass is 10.0. The van der Waals surface area contributed by atoms with Crippen LogP contribution >= 0.6 is 23.1 Å². The molecule has 0 bridgehead atoms. The third kappa shape index (κ3) is 5.26. The van der Waals surface area contributed by atoms with E-state index in [0.717, 1.165) is 16.2 Å². The molecule has 31 heavy (non-hydrogen) atoms. The smallest absolute Gasteiger partial charge is 0.341 e. The molecule has 8 nitrogen and oxygen atoms in total. The number of carbonyl (C=O) groups excluding carboxylic acids is 4. The zero-order valence-electron chi connectivity index (χ0n) is 17.2. The molecule has 1 saturated heterocycles. The molecule has 0 radical (unpaired) electrons. The van der Waals surface area contributed by atoms with Crippen LogP contribution in [0.5, 0.6) is 0 Å². The van der Waals surface area contributed by atoms with Gasteiger partial charge in [-0.2, -0.15) is 11.8 Å². The number of nitrogens with one attached hydrogen (secondary N) is 2. The SMILES string of the molecule is CCOC(=O)c1c(-c2ccccc2)csc1NC(=O)CN1C(=O)NC(CCSC)C1=O. The first-order chi connectivity index (χ1) is 15.0. The van der Waals surface area contributed by atoms with Crippen LogP contribution in [-0.4, -0.2) is 59.9 Å². The molecule has 10 heteroatoms. The Bertz CT molecular complexity index is 977. The van der Waals surface area contributed by atoms with E-state index in [1.165, 1.54) is 11.3 Å². The summed E-state index contributed by atoms with van der Waals surface area (Å²) in [6.45, 7) is 1.47. The third-order valence-electron chi connectivity index (χ3n) is 4.63. The monoisotopic (exact) mass is 461 g/mol. The average Bonchev–Trinajstić information content (AvgIpc) is 3.29. The molecule has 2 aromatic rings. The molecule has 4 amide bonds. The molecule has 0 aliphatic carbocycles. The Balaban J connectivity index is 1.77. The summed E-state index contributed by atoms with van der Waals surface area (Å²) in [7, 11) is 0. The molecule has 0 spiro atoms. The summed E-state index contributed by atoms with van der Waals surface area (Å²) in [6.07, 6.45) is 2.42. The number of ether oxygens (including phenoxy) is 1. The average molecular weight is 462 g/mol. The number of nitrogens with zero attached hydrogens (tertiary/aromatic N) is 1. The van der Waals surface area contributed by atoms with Gasteiger partial charge in [-0.05, 0) is 30.9 Å². The minimum Gasteiger partial charge on any atom is -0.462 e. The standard InChI is InChI=1S/C21H23N3O5S2/c1-3-29-20(27)17-14(13-7-5-4-6-8-13)12-31-18(17)23-16(25)11-24-19(26)15(9-10-30-2)22-21(24)28/h4-8,12,15H,3,9-11H2,1-2H3,(H,22,28)(H,23,25). The Hall–Kier alpha value is -2.85. The molecule has 2 N–H and O–H groups in total. The van der Waals surface area contributed by atoms with E-state index >= 15 is 0 Å². The van der Waals surface area contributed by atoms with E-state index in [1.807, 2.05) is 36.6 Å². The van der Waals surface area contributed by atoms with Gasteiger partial charge < -0.3 is 15.4 Å². The predicted octanol–water partition coefficient (Wildman–Crippen LogP) is 3.20. The number of thioether (sulfide) groups is 1. The zero-order chi connectivity index (χ0) is 22.4. The van der Waals surface area contributed by atoms with Crippen molar-refractivity contribution in [2.45, 2.75) is 19.4 Å². The van der Waals surface area contributed by atoms with Gasteiger partial charge in [0.2, 0.25) is 5.91 Å². The van der Waals surface area contributed by atoms with Gasteiger partial charge >= 0.3 is 12.0 Å². The zero-order valence-corrected chi connectivity index (χ0v) is 18.8. The van der Waals surface area contributed by atoms with Gasteiger partial charge in [0.1, 0.15) is 23.2 Å². The normalized spacial score (nSPS) is 15.7. The summed E-state index contributed by atoms with van der Waals surface area (Å²) in [5.41, 5.74) is 1.71. The summed E-state index contributed by atoms with van der Waals surface area (Å²) in [4.78, 5) is 50.7. The number of benzene rings is 1. The van der Waals surface area contributed by atoms with Crippen LogP contribution in [-0.2, 0) is 14.3 Å². The van der Waals surface area contributed by atoms with Gasteiger partial charge in [0.15, 0.2) is 0 Å². The van der Waals surface area contributed by atoms with E-state index in [2.05, 4.69) is 10.6 Å². The molecule has 1 fully saturated rings. The fraction of sp³-hybridized carbons (Fsp3) is 0.333. The number of urea groups is 1.